The number of phenolic OH excluding ortho intramolecular Hbond substituents is 2. The molecule has 2 aromatic carbocycles. The topological polar surface area (TPSA) is 101 Å². The molecule has 2 aromatic rings. The van der Waals surface area contributed by atoms with Crippen LogP contribution in [0.1, 0.15) is 11.8 Å². The van der Waals surface area contributed by atoms with Crippen molar-refractivity contribution in [3.8, 4) is 17.2 Å². The van der Waals surface area contributed by atoms with Crippen molar-refractivity contribution in [1.29, 1.82) is 0 Å². The Hall–Kier alpha value is -2.38. The van der Waals surface area contributed by atoms with E-state index in [1.165, 1.54) is 11.0 Å². The first-order valence-corrected chi connectivity index (χ1v) is 6.00. The van der Waals surface area contributed by atoms with Gasteiger partial charge >= 0.3 is 0 Å². The third-order valence-corrected chi connectivity index (χ3v) is 3.13. The Morgan fingerprint density at radius 1 is 1.10 bits per heavy atom. The van der Waals surface area contributed by atoms with Crippen molar-refractivity contribution in [1.82, 2.24) is 4.90 Å². The molecule has 0 aromatic heterocycles. The highest BCUT2D eigenvalue weighted by atomic mass is 19.1. The Balaban J connectivity index is 2.97. The molecule has 0 bridgehead atoms. The zero-order valence-corrected chi connectivity index (χ0v) is 11.3. The van der Waals surface area contributed by atoms with E-state index in [1.54, 1.807) is 14.1 Å². The molecule has 0 saturated heterocycles. The number of aliphatic hydroxyl groups excluding tert-OH is 1. The number of fused-ring (bicyclic) bond motifs is 1. The maximum Gasteiger partial charge on any atom is 0.231 e. The van der Waals surface area contributed by atoms with E-state index in [-0.39, 0.29) is 10.9 Å². The number of aliphatic hydroxyl groups is 1. The summed E-state index contributed by atoms with van der Waals surface area (Å²) >= 11 is 0. The minimum Gasteiger partial charge on any atom is -0.504 e. The smallest absolute Gasteiger partial charge is 0.231 e. The second-order valence-electron chi connectivity index (χ2n) is 4.86. The lowest BCUT2D eigenvalue weighted by Gasteiger charge is -2.17. The Kier molecular flexibility index (Phi) is 3.71. The van der Waals surface area contributed by atoms with Gasteiger partial charge in [-0.15, -0.1) is 0 Å². The van der Waals surface area contributed by atoms with Crippen LogP contribution in [0.25, 0.3) is 10.8 Å². The van der Waals surface area contributed by atoms with Crippen LogP contribution in [0.5, 0.6) is 17.2 Å². The molecule has 0 fully saturated rings. The minimum absolute atomic E-state index is 0.0519. The molecule has 0 aliphatic rings. The number of nitrogens with zero attached hydrogens (tertiary/aromatic N) is 1. The highest BCUT2D eigenvalue weighted by Crippen LogP contribution is 2.35. The molecule has 1 unspecified atom stereocenters. The van der Waals surface area contributed by atoms with Crippen LogP contribution in [0.4, 0.5) is 4.39 Å². The van der Waals surface area contributed by atoms with Gasteiger partial charge in [-0.1, -0.05) is 0 Å². The van der Waals surface area contributed by atoms with Crippen molar-refractivity contribution in [2.45, 2.75) is 6.23 Å². The van der Waals surface area contributed by atoms with Gasteiger partial charge in [0.1, 0.15) is 6.23 Å². The van der Waals surface area contributed by atoms with Gasteiger partial charge in [-0.3, -0.25) is 9.69 Å². The first-order valence-electron chi connectivity index (χ1n) is 6.00. The maximum atomic E-state index is 13.5. The number of hydrogen-bond donors (Lipinski definition) is 4. The lowest BCUT2D eigenvalue weighted by atomic mass is 10.1. The van der Waals surface area contributed by atoms with Crippen LogP contribution in [-0.2, 0) is 0 Å². The van der Waals surface area contributed by atoms with E-state index in [0.29, 0.717) is 0 Å². The zero-order chi connectivity index (χ0) is 15.9. The predicted octanol–water partition coefficient (Wildman–Crippen LogP) is 1.01. The summed E-state index contributed by atoms with van der Waals surface area (Å²) in [6, 6.07) is 3.13. The molecule has 6 nitrogen and oxygen atoms in total. The summed E-state index contributed by atoms with van der Waals surface area (Å²) in [5, 5.41) is 38.3. The van der Waals surface area contributed by atoms with Crippen molar-refractivity contribution in [2.24, 2.45) is 0 Å². The van der Waals surface area contributed by atoms with Crippen LogP contribution in [0.3, 0.4) is 0 Å². The lowest BCUT2D eigenvalue weighted by Crippen LogP contribution is -2.18. The molecular formula is C14H14FNO5. The summed E-state index contributed by atoms with van der Waals surface area (Å²) in [5.74, 6) is -3.87. The van der Waals surface area contributed by atoms with Crippen molar-refractivity contribution in [2.75, 3.05) is 14.1 Å². The number of aromatic hydroxyl groups is 3. The molecule has 112 valence electrons. The fourth-order valence-electron chi connectivity index (χ4n) is 2.02. The van der Waals surface area contributed by atoms with E-state index in [0.717, 1.165) is 12.1 Å². The summed E-state index contributed by atoms with van der Waals surface area (Å²) in [6.45, 7) is 0. The lowest BCUT2D eigenvalue weighted by molar-refractivity contribution is 0.0395. The van der Waals surface area contributed by atoms with Crippen LogP contribution in [0.15, 0.2) is 23.0 Å². The normalized spacial score (nSPS) is 12.8. The molecule has 0 saturated carbocycles. The Labute approximate surface area is 118 Å². The van der Waals surface area contributed by atoms with E-state index in [1.807, 2.05) is 0 Å². The molecule has 0 amide bonds. The fraction of sp³-hybridized carbons (Fsp3) is 0.214. The van der Waals surface area contributed by atoms with Gasteiger partial charge in [0.2, 0.25) is 5.43 Å². The Morgan fingerprint density at radius 3 is 2.29 bits per heavy atom. The fourth-order valence-corrected chi connectivity index (χ4v) is 2.02. The van der Waals surface area contributed by atoms with Crippen LogP contribution in [0, 0.1) is 5.82 Å². The molecule has 2 rings (SSSR count). The Bertz CT molecular complexity index is 776. The van der Waals surface area contributed by atoms with E-state index in [4.69, 9.17) is 0 Å². The summed E-state index contributed by atoms with van der Waals surface area (Å²) in [7, 11) is 3.14. The summed E-state index contributed by atoms with van der Waals surface area (Å²) < 4.78 is 13.5. The maximum absolute atomic E-state index is 13.5. The average Bonchev–Trinajstić information content (AvgIpc) is 2.53. The quantitative estimate of drug-likeness (QED) is 0.487. The number of benzene rings is 1. The predicted molar refractivity (Wildman–Crippen MR) is 73.8 cm³/mol. The Morgan fingerprint density at radius 2 is 1.71 bits per heavy atom. The van der Waals surface area contributed by atoms with Gasteiger partial charge in [0.05, 0.1) is 5.39 Å². The van der Waals surface area contributed by atoms with E-state index < -0.39 is 40.1 Å². The van der Waals surface area contributed by atoms with Crippen molar-refractivity contribution in [3.05, 3.63) is 39.8 Å². The van der Waals surface area contributed by atoms with Crippen LogP contribution < -0.4 is 5.43 Å². The molecule has 21 heavy (non-hydrogen) atoms. The standard InChI is InChI=1S/C14H14FNO5/c1-16(2)14(21)7-3-6-4-8(15)11(18)13(20)10(6)12(19)9(17)5-7/h3-5,14,18,20-21H,1-2H3,(H,17,19). The van der Waals surface area contributed by atoms with Gasteiger partial charge in [-0.05, 0) is 43.2 Å². The highest BCUT2D eigenvalue weighted by molar-refractivity contribution is 5.91. The van der Waals surface area contributed by atoms with Gasteiger partial charge in [-0.25, -0.2) is 4.39 Å². The van der Waals surface area contributed by atoms with Crippen molar-refractivity contribution in [3.63, 3.8) is 0 Å². The van der Waals surface area contributed by atoms with Crippen LogP contribution in [-0.4, -0.2) is 39.4 Å². The molecule has 7 heteroatoms. The van der Waals surface area contributed by atoms with Crippen LogP contribution in [0.2, 0.25) is 0 Å². The number of rotatable bonds is 2. The molecule has 0 heterocycles. The average molecular weight is 295 g/mol. The third kappa shape index (κ3) is 2.48. The largest absolute Gasteiger partial charge is 0.504 e. The zero-order valence-electron chi connectivity index (χ0n) is 11.3. The van der Waals surface area contributed by atoms with Gasteiger partial charge in [0.25, 0.3) is 0 Å². The molecule has 0 aliphatic carbocycles. The summed E-state index contributed by atoms with van der Waals surface area (Å²) in [6.07, 6.45) is -1.15. The first-order chi connectivity index (χ1) is 9.73. The van der Waals surface area contributed by atoms with Gasteiger partial charge in [0, 0.05) is 0 Å². The molecular weight excluding hydrogens is 281 g/mol. The van der Waals surface area contributed by atoms with Gasteiger partial charge < -0.3 is 20.4 Å². The monoisotopic (exact) mass is 295 g/mol. The van der Waals surface area contributed by atoms with Crippen molar-refractivity contribution >= 4 is 10.8 Å². The van der Waals surface area contributed by atoms with Gasteiger partial charge in [0.15, 0.2) is 23.1 Å². The van der Waals surface area contributed by atoms with Crippen LogP contribution >= 0.6 is 0 Å². The molecule has 0 spiro atoms. The number of hydrogen-bond acceptors (Lipinski definition) is 6. The van der Waals surface area contributed by atoms with E-state index in [9.17, 15) is 29.6 Å². The van der Waals surface area contributed by atoms with E-state index >= 15 is 0 Å². The summed E-state index contributed by atoms with van der Waals surface area (Å²) in [5.41, 5.74) is -0.843. The number of phenols is 2. The first kappa shape index (κ1) is 15.0. The van der Waals surface area contributed by atoms with Gasteiger partial charge in [-0.2, -0.15) is 0 Å². The van der Waals surface area contributed by atoms with E-state index in [2.05, 4.69) is 0 Å². The SMILES string of the molecule is CN(C)C(O)c1cc(O)c(=O)c2c(O)c(O)c(F)cc2c1. The number of halogens is 1. The summed E-state index contributed by atoms with van der Waals surface area (Å²) in [4.78, 5) is 13.4. The second kappa shape index (κ2) is 5.19. The second-order valence-corrected chi connectivity index (χ2v) is 4.86. The minimum atomic E-state index is -1.15. The molecule has 0 radical (unpaired) electrons. The highest BCUT2D eigenvalue weighted by Gasteiger charge is 2.18. The molecule has 1 atom stereocenters. The third-order valence-electron chi connectivity index (χ3n) is 3.13. The molecule has 4 N–H and O–H groups in total. The molecule has 0 aliphatic heterocycles. The van der Waals surface area contributed by atoms with Crippen molar-refractivity contribution < 1.29 is 24.8 Å².